The molecule has 1 rings (SSSR count). The quantitative estimate of drug-likeness (QED) is 0.588. The van der Waals surface area contributed by atoms with Gasteiger partial charge in [0.2, 0.25) is 0 Å². The summed E-state index contributed by atoms with van der Waals surface area (Å²) in [5.74, 6) is 0. The van der Waals surface area contributed by atoms with Crippen molar-refractivity contribution in [2.45, 2.75) is 13.8 Å². The highest BCUT2D eigenvalue weighted by Gasteiger charge is 2.02. The van der Waals surface area contributed by atoms with Crippen LogP contribution in [0.4, 0.5) is 0 Å². The Morgan fingerprint density at radius 3 is 2.17 bits per heavy atom. The Hall–Kier alpha value is -1.62. The first-order chi connectivity index (χ1) is 5.69. The van der Waals surface area contributed by atoms with E-state index in [1.54, 1.807) is 12.1 Å². The van der Waals surface area contributed by atoms with E-state index in [4.69, 9.17) is 5.26 Å². The van der Waals surface area contributed by atoms with Crippen LogP contribution in [0.1, 0.15) is 27.0 Å². The topological polar surface area (TPSA) is 40.9 Å². The summed E-state index contributed by atoms with van der Waals surface area (Å²) in [6, 6.07) is 5.54. The summed E-state index contributed by atoms with van der Waals surface area (Å²) in [6.45, 7) is 3.66. The Bertz CT molecular complexity index is 338. The first-order valence-electron chi connectivity index (χ1n) is 3.65. The molecule has 0 aliphatic heterocycles. The highest BCUT2D eigenvalue weighted by Crippen LogP contribution is 2.14. The number of rotatable bonds is 1. The van der Waals surface area contributed by atoms with E-state index < -0.39 is 0 Å². The molecule has 0 saturated heterocycles. The SMILES string of the molecule is Cc1cc(C=O)cc(C)c1C#N. The van der Waals surface area contributed by atoms with Crippen molar-refractivity contribution in [2.75, 3.05) is 0 Å². The Balaban J connectivity index is 3.39. The second-order valence-electron chi connectivity index (χ2n) is 2.76. The van der Waals surface area contributed by atoms with E-state index in [0.717, 1.165) is 17.4 Å². The molecule has 0 spiro atoms. The Morgan fingerprint density at radius 2 is 1.83 bits per heavy atom. The third kappa shape index (κ3) is 1.35. The lowest BCUT2D eigenvalue weighted by Gasteiger charge is -2.01. The molecular formula is C10H9NO. The van der Waals surface area contributed by atoms with Crippen molar-refractivity contribution in [1.82, 2.24) is 0 Å². The van der Waals surface area contributed by atoms with Gasteiger partial charge in [-0.15, -0.1) is 0 Å². The minimum Gasteiger partial charge on any atom is -0.298 e. The summed E-state index contributed by atoms with van der Waals surface area (Å²) in [7, 11) is 0. The molecule has 0 unspecified atom stereocenters. The van der Waals surface area contributed by atoms with Gasteiger partial charge in [-0.2, -0.15) is 5.26 Å². The number of carbonyl (C=O) groups excluding carboxylic acids is 1. The molecule has 0 aromatic heterocycles. The van der Waals surface area contributed by atoms with Crippen LogP contribution < -0.4 is 0 Å². The molecule has 0 heterocycles. The van der Waals surface area contributed by atoms with Gasteiger partial charge in [-0.3, -0.25) is 4.79 Å². The van der Waals surface area contributed by atoms with E-state index in [1.807, 2.05) is 13.8 Å². The van der Waals surface area contributed by atoms with Crippen molar-refractivity contribution in [3.63, 3.8) is 0 Å². The van der Waals surface area contributed by atoms with E-state index in [1.165, 1.54) is 0 Å². The maximum Gasteiger partial charge on any atom is 0.150 e. The summed E-state index contributed by atoms with van der Waals surface area (Å²) >= 11 is 0. The van der Waals surface area contributed by atoms with E-state index in [-0.39, 0.29) is 0 Å². The zero-order valence-corrected chi connectivity index (χ0v) is 7.09. The monoisotopic (exact) mass is 159 g/mol. The average Bonchev–Trinajstić information content (AvgIpc) is 2.03. The second kappa shape index (κ2) is 3.19. The maximum atomic E-state index is 10.4. The predicted octanol–water partition coefficient (Wildman–Crippen LogP) is 1.99. The van der Waals surface area contributed by atoms with Gasteiger partial charge in [0.1, 0.15) is 6.29 Å². The van der Waals surface area contributed by atoms with Crippen LogP contribution in [0.5, 0.6) is 0 Å². The molecule has 0 saturated carbocycles. The zero-order chi connectivity index (χ0) is 9.14. The van der Waals surface area contributed by atoms with Crippen molar-refractivity contribution in [2.24, 2.45) is 0 Å². The number of aldehydes is 1. The lowest BCUT2D eigenvalue weighted by molar-refractivity contribution is 0.112. The fourth-order valence-corrected chi connectivity index (χ4v) is 1.24. The lowest BCUT2D eigenvalue weighted by Crippen LogP contribution is -1.91. The van der Waals surface area contributed by atoms with Crippen LogP contribution in [0.3, 0.4) is 0 Å². The molecule has 0 atom stereocenters. The van der Waals surface area contributed by atoms with Gasteiger partial charge < -0.3 is 0 Å². The molecule has 0 fully saturated rings. The third-order valence-electron chi connectivity index (χ3n) is 1.80. The Kier molecular flexibility index (Phi) is 2.25. The van der Waals surface area contributed by atoms with Gasteiger partial charge in [-0.1, -0.05) is 0 Å². The summed E-state index contributed by atoms with van der Waals surface area (Å²) in [4.78, 5) is 10.4. The van der Waals surface area contributed by atoms with Gasteiger partial charge in [0, 0.05) is 5.56 Å². The van der Waals surface area contributed by atoms with Crippen LogP contribution >= 0.6 is 0 Å². The fourth-order valence-electron chi connectivity index (χ4n) is 1.24. The molecule has 0 aliphatic rings. The Morgan fingerprint density at radius 1 is 1.33 bits per heavy atom. The first-order valence-corrected chi connectivity index (χ1v) is 3.65. The number of nitrogens with zero attached hydrogens (tertiary/aromatic N) is 1. The van der Waals surface area contributed by atoms with E-state index in [9.17, 15) is 4.79 Å². The molecule has 2 nitrogen and oxygen atoms in total. The summed E-state index contributed by atoms with van der Waals surface area (Å²) in [6.07, 6.45) is 0.793. The van der Waals surface area contributed by atoms with Crippen LogP contribution in [-0.2, 0) is 0 Å². The third-order valence-corrected chi connectivity index (χ3v) is 1.80. The van der Waals surface area contributed by atoms with Crippen molar-refractivity contribution in [1.29, 1.82) is 5.26 Å². The molecular weight excluding hydrogens is 150 g/mol. The lowest BCUT2D eigenvalue weighted by atomic mass is 10.0. The molecule has 0 bridgehead atoms. The van der Waals surface area contributed by atoms with Gasteiger partial charge in [-0.25, -0.2) is 0 Å². The van der Waals surface area contributed by atoms with Gasteiger partial charge >= 0.3 is 0 Å². The number of benzene rings is 1. The normalized spacial score (nSPS) is 9.08. The van der Waals surface area contributed by atoms with Crippen LogP contribution in [0, 0.1) is 25.2 Å². The molecule has 0 amide bonds. The van der Waals surface area contributed by atoms with Crippen molar-refractivity contribution < 1.29 is 4.79 Å². The average molecular weight is 159 g/mol. The maximum absolute atomic E-state index is 10.4. The first kappa shape index (κ1) is 8.48. The smallest absolute Gasteiger partial charge is 0.150 e. The van der Waals surface area contributed by atoms with Gasteiger partial charge in [0.25, 0.3) is 0 Å². The van der Waals surface area contributed by atoms with Gasteiger partial charge in [-0.05, 0) is 37.1 Å². The molecule has 1 aromatic carbocycles. The number of hydrogen-bond donors (Lipinski definition) is 0. The van der Waals surface area contributed by atoms with Crippen molar-refractivity contribution in [3.8, 4) is 6.07 Å². The summed E-state index contributed by atoms with van der Waals surface area (Å²) in [5.41, 5.74) is 3.02. The minimum atomic E-state index is 0.629. The standard InChI is InChI=1S/C10H9NO/c1-7-3-9(6-12)4-8(2)10(7)5-11/h3-4,6H,1-2H3. The second-order valence-corrected chi connectivity index (χ2v) is 2.76. The predicted molar refractivity (Wildman–Crippen MR) is 46.0 cm³/mol. The summed E-state index contributed by atoms with van der Waals surface area (Å²) in [5, 5.41) is 8.72. The molecule has 12 heavy (non-hydrogen) atoms. The number of hydrogen-bond acceptors (Lipinski definition) is 2. The largest absolute Gasteiger partial charge is 0.298 e. The van der Waals surface area contributed by atoms with E-state index in [0.29, 0.717) is 11.1 Å². The minimum absolute atomic E-state index is 0.629. The summed E-state index contributed by atoms with van der Waals surface area (Å²) < 4.78 is 0. The Labute approximate surface area is 71.4 Å². The van der Waals surface area contributed by atoms with Crippen LogP contribution in [0.2, 0.25) is 0 Å². The molecule has 2 heteroatoms. The van der Waals surface area contributed by atoms with Crippen LogP contribution in [0.25, 0.3) is 0 Å². The van der Waals surface area contributed by atoms with Crippen molar-refractivity contribution >= 4 is 6.29 Å². The molecule has 0 N–H and O–H groups in total. The number of aryl methyl sites for hydroxylation is 2. The van der Waals surface area contributed by atoms with Gasteiger partial charge in [0.05, 0.1) is 11.6 Å². The number of nitriles is 1. The van der Waals surface area contributed by atoms with Crippen molar-refractivity contribution in [3.05, 3.63) is 34.4 Å². The van der Waals surface area contributed by atoms with Gasteiger partial charge in [0.15, 0.2) is 0 Å². The van der Waals surface area contributed by atoms with Crippen LogP contribution in [0.15, 0.2) is 12.1 Å². The number of carbonyl (C=O) groups is 1. The van der Waals surface area contributed by atoms with Crippen LogP contribution in [-0.4, -0.2) is 6.29 Å². The molecule has 60 valence electrons. The molecule has 1 aromatic rings. The van der Waals surface area contributed by atoms with E-state index in [2.05, 4.69) is 6.07 Å². The fraction of sp³-hybridized carbons (Fsp3) is 0.200. The zero-order valence-electron chi connectivity index (χ0n) is 7.09. The highest BCUT2D eigenvalue weighted by atomic mass is 16.1. The highest BCUT2D eigenvalue weighted by molar-refractivity contribution is 5.76. The molecule has 0 aliphatic carbocycles. The molecule has 0 radical (unpaired) electrons. The van der Waals surface area contributed by atoms with E-state index >= 15 is 0 Å².